The van der Waals surface area contributed by atoms with Gasteiger partial charge in [0.05, 0.1) is 13.2 Å². The number of nitrogens with two attached hydrogens (primary N) is 1. The topological polar surface area (TPSA) is 81.8 Å². The zero-order valence-electron chi connectivity index (χ0n) is 15.1. The Labute approximate surface area is 154 Å². The molecule has 1 fully saturated rings. The van der Waals surface area contributed by atoms with Crippen molar-refractivity contribution in [2.75, 3.05) is 12.4 Å². The van der Waals surface area contributed by atoms with Gasteiger partial charge in [0.1, 0.15) is 6.10 Å². The molecule has 1 saturated carbocycles. The summed E-state index contributed by atoms with van der Waals surface area (Å²) in [6, 6.07) is 11.7. The number of aromatic nitrogens is 1. The average molecular weight is 354 g/mol. The molecule has 0 spiro atoms. The third-order valence-corrected chi connectivity index (χ3v) is 4.40. The van der Waals surface area contributed by atoms with Crippen LogP contribution < -0.4 is 15.8 Å². The number of hydrogen-bond acceptors (Lipinski definition) is 4. The van der Waals surface area contributed by atoms with Crippen molar-refractivity contribution in [3.8, 4) is 5.88 Å². The Kier molecular flexibility index (Phi) is 6.44. The first-order valence-electron chi connectivity index (χ1n) is 9.00. The van der Waals surface area contributed by atoms with E-state index < -0.39 is 0 Å². The van der Waals surface area contributed by atoms with Crippen LogP contribution in [0.25, 0.3) is 0 Å². The molecule has 0 aliphatic heterocycles. The molecular weight excluding hydrogens is 328 g/mol. The lowest BCUT2D eigenvalue weighted by Gasteiger charge is -2.12. The smallest absolute Gasteiger partial charge is 0.213 e. The first-order valence-corrected chi connectivity index (χ1v) is 9.00. The molecule has 6 nitrogen and oxygen atoms in total. The van der Waals surface area contributed by atoms with Crippen LogP contribution in [0.3, 0.4) is 0 Å². The van der Waals surface area contributed by atoms with E-state index in [9.17, 15) is 0 Å². The van der Waals surface area contributed by atoms with Crippen LogP contribution in [-0.4, -0.2) is 24.2 Å². The molecule has 6 heteroatoms. The maximum Gasteiger partial charge on any atom is 0.213 e. The highest BCUT2D eigenvalue weighted by atomic mass is 16.5. The molecule has 1 aromatic heterocycles. The van der Waals surface area contributed by atoms with Gasteiger partial charge in [-0.2, -0.15) is 0 Å². The number of pyridine rings is 1. The number of ether oxygens (including phenoxy) is 2. The maximum atomic E-state index is 6.04. The Morgan fingerprint density at radius 3 is 2.88 bits per heavy atom. The summed E-state index contributed by atoms with van der Waals surface area (Å²) in [6.45, 7) is 0.984. The molecule has 1 aliphatic rings. The fourth-order valence-electron chi connectivity index (χ4n) is 3.07. The summed E-state index contributed by atoms with van der Waals surface area (Å²) >= 11 is 0. The standard InChI is InChI=1S/C20H26N4O2/c1-25-14-16-6-2-5-9-18(16)24-20(21)23-13-15-10-11-22-19(12-15)26-17-7-3-4-8-17/h2,5-6,9-12,17H,3-4,7-8,13-14H2,1H3,(H3,21,23,24). The normalized spacial score (nSPS) is 15.2. The molecule has 138 valence electrons. The van der Waals surface area contributed by atoms with E-state index in [4.69, 9.17) is 15.2 Å². The monoisotopic (exact) mass is 354 g/mol. The van der Waals surface area contributed by atoms with Crippen LogP contribution in [0.15, 0.2) is 47.6 Å². The summed E-state index contributed by atoms with van der Waals surface area (Å²) in [7, 11) is 1.67. The van der Waals surface area contributed by atoms with E-state index in [1.54, 1.807) is 13.3 Å². The molecule has 0 amide bonds. The van der Waals surface area contributed by atoms with Crippen molar-refractivity contribution in [2.45, 2.75) is 44.9 Å². The average Bonchev–Trinajstić information content (AvgIpc) is 3.15. The number of nitrogens with zero attached hydrogens (tertiary/aromatic N) is 2. The first-order chi connectivity index (χ1) is 12.7. The molecular formula is C20H26N4O2. The number of methoxy groups -OCH3 is 1. The van der Waals surface area contributed by atoms with Crippen LogP contribution >= 0.6 is 0 Å². The predicted octanol–water partition coefficient (Wildman–Crippen LogP) is 3.48. The number of hydrogen-bond donors (Lipinski definition) is 2. The van der Waals surface area contributed by atoms with E-state index in [0.717, 1.165) is 29.7 Å². The van der Waals surface area contributed by atoms with E-state index in [0.29, 0.717) is 31.1 Å². The second-order valence-corrected chi connectivity index (χ2v) is 6.44. The van der Waals surface area contributed by atoms with Crippen LogP contribution in [0.1, 0.15) is 36.8 Å². The molecule has 1 aromatic carbocycles. The van der Waals surface area contributed by atoms with Crippen molar-refractivity contribution in [3.63, 3.8) is 0 Å². The molecule has 3 rings (SSSR count). The third kappa shape index (κ3) is 5.20. The molecule has 0 unspecified atom stereocenters. The number of aliphatic imine (C=N–C) groups is 1. The zero-order chi connectivity index (χ0) is 18.2. The lowest BCUT2D eigenvalue weighted by molar-refractivity contribution is 0.185. The molecule has 3 N–H and O–H groups in total. The SMILES string of the molecule is COCc1ccccc1NC(N)=NCc1ccnc(OC2CCCC2)c1. The summed E-state index contributed by atoms with van der Waals surface area (Å²) in [5.41, 5.74) is 8.99. The van der Waals surface area contributed by atoms with Gasteiger partial charge in [0.25, 0.3) is 0 Å². The molecule has 0 bridgehead atoms. The third-order valence-electron chi connectivity index (χ3n) is 4.40. The number of para-hydroxylation sites is 1. The summed E-state index contributed by atoms with van der Waals surface area (Å²) in [5.74, 6) is 1.03. The van der Waals surface area contributed by atoms with E-state index in [1.165, 1.54) is 12.8 Å². The van der Waals surface area contributed by atoms with Gasteiger partial charge >= 0.3 is 0 Å². The van der Waals surface area contributed by atoms with Crippen LogP contribution in [0.5, 0.6) is 5.88 Å². The highest BCUT2D eigenvalue weighted by Crippen LogP contribution is 2.23. The molecule has 0 saturated heterocycles. The van der Waals surface area contributed by atoms with E-state index >= 15 is 0 Å². The van der Waals surface area contributed by atoms with Crippen LogP contribution in [0.4, 0.5) is 5.69 Å². The number of nitrogens with one attached hydrogen (secondary N) is 1. The molecule has 26 heavy (non-hydrogen) atoms. The van der Waals surface area contributed by atoms with Crippen LogP contribution in [0, 0.1) is 0 Å². The molecule has 2 aromatic rings. The number of anilines is 1. The van der Waals surface area contributed by atoms with Crippen molar-refractivity contribution < 1.29 is 9.47 Å². The van der Waals surface area contributed by atoms with Crippen molar-refractivity contribution in [2.24, 2.45) is 10.7 Å². The fraction of sp³-hybridized carbons (Fsp3) is 0.400. The first kappa shape index (κ1) is 18.2. The summed E-state index contributed by atoms with van der Waals surface area (Å²) in [6.07, 6.45) is 6.75. The van der Waals surface area contributed by atoms with E-state index in [-0.39, 0.29) is 0 Å². The molecule has 0 atom stereocenters. The van der Waals surface area contributed by atoms with Gasteiger partial charge in [-0.3, -0.25) is 0 Å². The van der Waals surface area contributed by atoms with Crippen LogP contribution in [0.2, 0.25) is 0 Å². The van der Waals surface area contributed by atoms with Gasteiger partial charge in [-0.25, -0.2) is 9.98 Å². The van der Waals surface area contributed by atoms with Crippen molar-refractivity contribution in [1.29, 1.82) is 0 Å². The fourth-order valence-corrected chi connectivity index (χ4v) is 3.07. The summed E-state index contributed by atoms with van der Waals surface area (Å²) < 4.78 is 11.1. The zero-order valence-corrected chi connectivity index (χ0v) is 15.1. The van der Waals surface area contributed by atoms with Crippen molar-refractivity contribution in [1.82, 2.24) is 4.98 Å². The van der Waals surface area contributed by atoms with E-state index in [2.05, 4.69) is 15.3 Å². The second kappa shape index (κ2) is 9.20. The lowest BCUT2D eigenvalue weighted by Crippen LogP contribution is -2.23. The van der Waals surface area contributed by atoms with Gasteiger partial charge in [-0.15, -0.1) is 0 Å². The van der Waals surface area contributed by atoms with Gasteiger partial charge in [0.2, 0.25) is 5.88 Å². The second-order valence-electron chi connectivity index (χ2n) is 6.44. The van der Waals surface area contributed by atoms with Gasteiger partial charge in [0.15, 0.2) is 5.96 Å². The Morgan fingerprint density at radius 2 is 2.08 bits per heavy atom. The van der Waals surface area contributed by atoms with Gasteiger partial charge in [-0.05, 0) is 43.4 Å². The largest absolute Gasteiger partial charge is 0.474 e. The van der Waals surface area contributed by atoms with Gasteiger partial charge in [0, 0.05) is 30.6 Å². The highest BCUT2D eigenvalue weighted by Gasteiger charge is 2.16. The lowest BCUT2D eigenvalue weighted by atomic mass is 10.2. The number of guanidine groups is 1. The minimum atomic E-state index is 0.297. The number of benzene rings is 1. The predicted molar refractivity (Wildman–Crippen MR) is 103 cm³/mol. The maximum absolute atomic E-state index is 6.04. The quantitative estimate of drug-likeness (QED) is 0.588. The summed E-state index contributed by atoms with van der Waals surface area (Å²) in [4.78, 5) is 8.72. The van der Waals surface area contributed by atoms with Crippen LogP contribution in [-0.2, 0) is 17.9 Å². The van der Waals surface area contributed by atoms with E-state index in [1.807, 2.05) is 36.4 Å². The molecule has 1 aliphatic carbocycles. The molecule has 0 radical (unpaired) electrons. The Bertz CT molecular complexity index is 742. The Morgan fingerprint density at radius 1 is 1.27 bits per heavy atom. The van der Waals surface area contributed by atoms with Gasteiger partial charge in [-0.1, -0.05) is 18.2 Å². The minimum Gasteiger partial charge on any atom is -0.474 e. The molecule has 1 heterocycles. The minimum absolute atomic E-state index is 0.297. The van der Waals surface area contributed by atoms with Crippen molar-refractivity contribution in [3.05, 3.63) is 53.7 Å². The highest BCUT2D eigenvalue weighted by molar-refractivity contribution is 5.92. The Hall–Kier alpha value is -2.60. The number of rotatable bonds is 7. The van der Waals surface area contributed by atoms with Crippen molar-refractivity contribution >= 4 is 11.6 Å². The van der Waals surface area contributed by atoms with Gasteiger partial charge < -0.3 is 20.5 Å². The Balaban J connectivity index is 1.60. The summed E-state index contributed by atoms with van der Waals surface area (Å²) in [5, 5.41) is 3.14.